The smallest absolute Gasteiger partial charge is 0.138 e. The molecular weight excluding hydrogens is 238 g/mol. The van der Waals surface area contributed by atoms with Crippen molar-refractivity contribution in [3.63, 3.8) is 0 Å². The molecule has 0 aliphatic carbocycles. The van der Waals surface area contributed by atoms with E-state index in [1.54, 1.807) is 0 Å². The molecule has 1 atom stereocenters. The molecule has 0 aromatic heterocycles. The fourth-order valence-corrected chi connectivity index (χ4v) is 1.55. The number of aliphatic hydroxyl groups is 1. The van der Waals surface area contributed by atoms with Crippen LogP contribution in [0.1, 0.15) is 18.9 Å². The highest BCUT2D eigenvalue weighted by Crippen LogP contribution is 2.26. The minimum absolute atomic E-state index is 0.0639. The average Bonchev–Trinajstić information content (AvgIpc) is 2.33. The zero-order chi connectivity index (χ0) is 12.9. The lowest BCUT2D eigenvalue weighted by molar-refractivity contribution is 0.119. The van der Waals surface area contributed by atoms with Crippen molar-refractivity contribution < 1.29 is 9.84 Å². The molecule has 0 heterocycles. The van der Waals surface area contributed by atoms with E-state index in [1.807, 2.05) is 32.0 Å². The van der Waals surface area contributed by atoms with Crippen LogP contribution >= 0.6 is 11.6 Å². The maximum atomic E-state index is 9.22. The molecule has 0 radical (unpaired) electrons. The van der Waals surface area contributed by atoms with Gasteiger partial charge in [-0.1, -0.05) is 24.6 Å². The summed E-state index contributed by atoms with van der Waals surface area (Å²) in [4.78, 5) is 0. The summed E-state index contributed by atoms with van der Waals surface area (Å²) in [6, 6.07) is 5.66. The Morgan fingerprint density at radius 1 is 1.47 bits per heavy atom. The van der Waals surface area contributed by atoms with E-state index in [1.165, 1.54) is 0 Å². The normalized spacial score (nSPS) is 14.4. The van der Waals surface area contributed by atoms with E-state index in [0.717, 1.165) is 5.56 Å². The Balaban J connectivity index is 2.53. The van der Waals surface area contributed by atoms with Gasteiger partial charge < -0.3 is 15.6 Å². The van der Waals surface area contributed by atoms with Gasteiger partial charge in [-0.05, 0) is 31.0 Å². The summed E-state index contributed by atoms with van der Waals surface area (Å²) < 4.78 is 5.62. The van der Waals surface area contributed by atoms with Gasteiger partial charge >= 0.3 is 0 Å². The number of hydrogen-bond donors (Lipinski definition) is 2. The quantitative estimate of drug-likeness (QED) is 0.823. The van der Waals surface area contributed by atoms with Crippen LogP contribution in [0.3, 0.4) is 0 Å². The minimum atomic E-state index is -0.281. The number of ether oxygens (including phenoxy) is 1. The first-order valence-corrected chi connectivity index (χ1v) is 6.08. The first kappa shape index (κ1) is 14.3. The van der Waals surface area contributed by atoms with Crippen LogP contribution in [-0.2, 0) is 0 Å². The molecule has 1 unspecified atom stereocenters. The van der Waals surface area contributed by atoms with Gasteiger partial charge in [-0.2, -0.15) is 0 Å². The Bertz CT molecular complexity index is 364. The molecule has 96 valence electrons. The minimum Gasteiger partial charge on any atom is -0.492 e. The van der Waals surface area contributed by atoms with Crippen molar-refractivity contribution >= 4 is 11.6 Å². The van der Waals surface area contributed by atoms with Crippen molar-refractivity contribution in [2.45, 2.75) is 20.3 Å². The van der Waals surface area contributed by atoms with Crippen LogP contribution in [0, 0.1) is 12.3 Å². The zero-order valence-electron chi connectivity index (χ0n) is 10.4. The molecule has 0 saturated heterocycles. The van der Waals surface area contributed by atoms with Crippen LogP contribution in [0.25, 0.3) is 0 Å². The summed E-state index contributed by atoms with van der Waals surface area (Å²) in [5, 5.41) is 9.83. The lowest BCUT2D eigenvalue weighted by atomic mass is 9.88. The number of aryl methyl sites for hydroxylation is 1. The first-order chi connectivity index (χ1) is 8.00. The number of hydrogen-bond acceptors (Lipinski definition) is 3. The van der Waals surface area contributed by atoms with Crippen LogP contribution < -0.4 is 10.5 Å². The molecule has 0 spiro atoms. The van der Waals surface area contributed by atoms with Gasteiger partial charge in [-0.15, -0.1) is 0 Å². The monoisotopic (exact) mass is 257 g/mol. The van der Waals surface area contributed by atoms with Gasteiger partial charge in [0.05, 0.1) is 11.6 Å². The summed E-state index contributed by atoms with van der Waals surface area (Å²) in [6.07, 6.45) is 0.699. The van der Waals surface area contributed by atoms with E-state index in [0.29, 0.717) is 30.3 Å². The van der Waals surface area contributed by atoms with Crippen LogP contribution in [0.2, 0.25) is 5.02 Å². The van der Waals surface area contributed by atoms with Crippen molar-refractivity contribution in [2.75, 3.05) is 19.8 Å². The maximum Gasteiger partial charge on any atom is 0.138 e. The molecule has 0 aliphatic rings. The zero-order valence-corrected chi connectivity index (χ0v) is 11.1. The van der Waals surface area contributed by atoms with Gasteiger partial charge in [0.1, 0.15) is 5.75 Å². The first-order valence-electron chi connectivity index (χ1n) is 5.70. The maximum absolute atomic E-state index is 9.22. The fourth-order valence-electron chi connectivity index (χ4n) is 1.37. The third-order valence-electron chi connectivity index (χ3n) is 2.92. The van der Waals surface area contributed by atoms with E-state index in [-0.39, 0.29) is 12.0 Å². The van der Waals surface area contributed by atoms with E-state index in [9.17, 15) is 5.11 Å². The third-order valence-corrected chi connectivity index (χ3v) is 3.24. The predicted molar refractivity (Wildman–Crippen MR) is 70.5 cm³/mol. The Hall–Kier alpha value is -0.770. The fraction of sp³-hybridized carbons (Fsp3) is 0.538. The summed E-state index contributed by atoms with van der Waals surface area (Å²) in [5.74, 6) is 0.684. The molecule has 0 amide bonds. The van der Waals surface area contributed by atoms with E-state index < -0.39 is 0 Å². The summed E-state index contributed by atoms with van der Waals surface area (Å²) >= 11 is 6.01. The van der Waals surface area contributed by atoms with Gasteiger partial charge in [0.2, 0.25) is 0 Å². The topological polar surface area (TPSA) is 55.5 Å². The molecular formula is C13H20ClNO2. The summed E-state index contributed by atoms with van der Waals surface area (Å²) in [6.45, 7) is 4.93. The number of halogens is 1. The number of rotatable bonds is 6. The van der Waals surface area contributed by atoms with Crippen molar-refractivity contribution in [1.29, 1.82) is 0 Å². The largest absolute Gasteiger partial charge is 0.492 e. The average molecular weight is 258 g/mol. The molecule has 3 N–H and O–H groups in total. The number of benzene rings is 1. The summed E-state index contributed by atoms with van der Waals surface area (Å²) in [7, 11) is 0. The van der Waals surface area contributed by atoms with Crippen molar-refractivity contribution in [2.24, 2.45) is 11.1 Å². The highest BCUT2D eigenvalue weighted by atomic mass is 35.5. The van der Waals surface area contributed by atoms with E-state index in [4.69, 9.17) is 22.1 Å². The molecule has 0 bridgehead atoms. The predicted octanol–water partition coefficient (Wildman–Crippen LogP) is 2.37. The Kier molecular flexibility index (Phi) is 5.25. The molecule has 0 saturated carbocycles. The summed E-state index contributed by atoms with van der Waals surface area (Å²) in [5.41, 5.74) is 6.43. The number of nitrogens with two attached hydrogens (primary N) is 1. The van der Waals surface area contributed by atoms with E-state index in [2.05, 4.69) is 0 Å². The second-order valence-electron chi connectivity index (χ2n) is 4.71. The van der Waals surface area contributed by atoms with Gasteiger partial charge in [-0.3, -0.25) is 0 Å². The number of aliphatic hydroxyl groups excluding tert-OH is 1. The second kappa shape index (κ2) is 6.24. The van der Waals surface area contributed by atoms with Crippen LogP contribution in [0.4, 0.5) is 0 Å². The third kappa shape index (κ3) is 4.19. The van der Waals surface area contributed by atoms with Crippen LogP contribution in [-0.4, -0.2) is 24.9 Å². The molecule has 17 heavy (non-hydrogen) atoms. The van der Waals surface area contributed by atoms with Crippen LogP contribution in [0.5, 0.6) is 5.75 Å². The van der Waals surface area contributed by atoms with Crippen molar-refractivity contribution in [1.82, 2.24) is 0 Å². The molecule has 0 fully saturated rings. The molecule has 1 rings (SSSR count). The Morgan fingerprint density at radius 3 is 2.76 bits per heavy atom. The molecule has 1 aromatic carbocycles. The van der Waals surface area contributed by atoms with Gasteiger partial charge in [0, 0.05) is 18.6 Å². The standard InChI is InChI=1S/C13H20ClNO2/c1-10-3-4-11(14)12(7-10)17-6-5-13(2,8-15)9-16/h3-4,7,16H,5-6,8-9,15H2,1-2H3. The molecule has 3 nitrogen and oxygen atoms in total. The van der Waals surface area contributed by atoms with Gasteiger partial charge in [0.15, 0.2) is 0 Å². The lowest BCUT2D eigenvalue weighted by Crippen LogP contribution is -2.32. The van der Waals surface area contributed by atoms with Crippen LogP contribution in [0.15, 0.2) is 18.2 Å². The molecule has 4 heteroatoms. The lowest BCUT2D eigenvalue weighted by Gasteiger charge is -2.25. The van der Waals surface area contributed by atoms with Crippen molar-refractivity contribution in [3.05, 3.63) is 28.8 Å². The van der Waals surface area contributed by atoms with E-state index >= 15 is 0 Å². The Morgan fingerprint density at radius 2 is 2.18 bits per heavy atom. The molecule has 1 aromatic rings. The SMILES string of the molecule is Cc1ccc(Cl)c(OCCC(C)(CN)CO)c1. The van der Waals surface area contributed by atoms with Gasteiger partial charge in [0.25, 0.3) is 0 Å². The second-order valence-corrected chi connectivity index (χ2v) is 5.11. The molecule has 0 aliphatic heterocycles. The Labute approximate surface area is 108 Å². The highest BCUT2D eigenvalue weighted by Gasteiger charge is 2.21. The van der Waals surface area contributed by atoms with Crippen molar-refractivity contribution in [3.8, 4) is 5.75 Å². The highest BCUT2D eigenvalue weighted by molar-refractivity contribution is 6.32. The van der Waals surface area contributed by atoms with Gasteiger partial charge in [-0.25, -0.2) is 0 Å².